The van der Waals surface area contributed by atoms with E-state index in [0.717, 1.165) is 11.3 Å². The van der Waals surface area contributed by atoms with Gasteiger partial charge in [0.15, 0.2) is 5.76 Å². The lowest BCUT2D eigenvalue weighted by Gasteiger charge is -2.02. The van der Waals surface area contributed by atoms with Gasteiger partial charge in [-0.1, -0.05) is 5.16 Å². The molecule has 0 spiro atoms. The Labute approximate surface area is 148 Å². The topological polar surface area (TPSA) is 108 Å². The minimum Gasteiger partial charge on any atom is -0.497 e. The summed E-state index contributed by atoms with van der Waals surface area (Å²) in [6.45, 7) is 0.176. The zero-order chi connectivity index (χ0) is 18.5. The number of benzene rings is 2. The lowest BCUT2D eigenvalue weighted by Crippen LogP contribution is -2.22. The highest BCUT2D eigenvalue weighted by molar-refractivity contribution is 5.94. The zero-order valence-corrected chi connectivity index (χ0v) is 13.8. The Morgan fingerprint density at radius 2 is 1.88 bits per heavy atom. The molecule has 26 heavy (non-hydrogen) atoms. The van der Waals surface area contributed by atoms with Crippen molar-refractivity contribution >= 4 is 11.6 Å². The van der Waals surface area contributed by atoms with Crippen molar-refractivity contribution in [1.82, 2.24) is 10.5 Å². The molecular formula is C18H15N3O5. The van der Waals surface area contributed by atoms with Gasteiger partial charge in [0.05, 0.1) is 18.6 Å². The lowest BCUT2D eigenvalue weighted by atomic mass is 10.1. The van der Waals surface area contributed by atoms with Gasteiger partial charge in [0.1, 0.15) is 11.4 Å². The van der Waals surface area contributed by atoms with E-state index < -0.39 is 4.92 Å². The first-order chi connectivity index (χ1) is 12.6. The SMILES string of the molecule is COc1ccc(-c2cc(CNC(=O)c3ccc([N+](=O)[O-])cc3)no2)cc1. The Bertz CT molecular complexity index is 917. The summed E-state index contributed by atoms with van der Waals surface area (Å²) in [5, 5.41) is 17.3. The second-order valence-electron chi connectivity index (χ2n) is 5.40. The summed E-state index contributed by atoms with van der Waals surface area (Å²) in [4.78, 5) is 22.2. The normalized spacial score (nSPS) is 10.3. The van der Waals surface area contributed by atoms with Crippen LogP contribution in [0.15, 0.2) is 59.1 Å². The van der Waals surface area contributed by atoms with Gasteiger partial charge in [-0.05, 0) is 36.4 Å². The summed E-state index contributed by atoms with van der Waals surface area (Å²) in [6.07, 6.45) is 0. The van der Waals surface area contributed by atoms with E-state index in [4.69, 9.17) is 9.26 Å². The maximum atomic E-state index is 12.1. The second kappa shape index (κ2) is 7.47. The highest BCUT2D eigenvalue weighted by atomic mass is 16.6. The number of carbonyl (C=O) groups excluding carboxylic acids is 1. The second-order valence-corrected chi connectivity index (χ2v) is 5.40. The third-order valence-electron chi connectivity index (χ3n) is 3.70. The molecule has 0 fully saturated rings. The van der Waals surface area contributed by atoms with Crippen molar-refractivity contribution in [2.45, 2.75) is 6.54 Å². The van der Waals surface area contributed by atoms with Crippen LogP contribution in [0.1, 0.15) is 16.1 Å². The first-order valence-corrected chi connectivity index (χ1v) is 7.69. The van der Waals surface area contributed by atoms with Gasteiger partial charge in [-0.15, -0.1) is 0 Å². The largest absolute Gasteiger partial charge is 0.497 e. The van der Waals surface area contributed by atoms with E-state index in [0.29, 0.717) is 17.0 Å². The van der Waals surface area contributed by atoms with Gasteiger partial charge in [-0.2, -0.15) is 0 Å². The molecule has 1 N–H and O–H groups in total. The molecule has 132 valence electrons. The molecule has 0 aliphatic heterocycles. The van der Waals surface area contributed by atoms with Gasteiger partial charge in [0.2, 0.25) is 0 Å². The molecule has 1 heterocycles. The minimum atomic E-state index is -0.516. The van der Waals surface area contributed by atoms with Crippen LogP contribution in [0.3, 0.4) is 0 Å². The molecule has 0 aliphatic carbocycles. The van der Waals surface area contributed by atoms with Crippen molar-refractivity contribution in [3.8, 4) is 17.1 Å². The molecule has 0 unspecified atom stereocenters. The Balaban J connectivity index is 1.62. The summed E-state index contributed by atoms with van der Waals surface area (Å²) < 4.78 is 10.4. The third-order valence-corrected chi connectivity index (χ3v) is 3.70. The number of amides is 1. The number of hydrogen-bond acceptors (Lipinski definition) is 6. The van der Waals surface area contributed by atoms with Gasteiger partial charge in [0.25, 0.3) is 11.6 Å². The molecular weight excluding hydrogens is 338 g/mol. The maximum absolute atomic E-state index is 12.1. The number of rotatable bonds is 6. The third kappa shape index (κ3) is 3.86. The number of methoxy groups -OCH3 is 1. The van der Waals surface area contributed by atoms with E-state index >= 15 is 0 Å². The summed E-state index contributed by atoms with van der Waals surface area (Å²) in [5.74, 6) is 0.963. The zero-order valence-electron chi connectivity index (χ0n) is 13.8. The molecule has 0 saturated heterocycles. The highest BCUT2D eigenvalue weighted by Crippen LogP contribution is 2.23. The van der Waals surface area contributed by atoms with Crippen LogP contribution in [0.4, 0.5) is 5.69 Å². The molecule has 1 aromatic heterocycles. The van der Waals surface area contributed by atoms with Crippen LogP contribution in [0.2, 0.25) is 0 Å². The number of carbonyl (C=O) groups is 1. The van der Waals surface area contributed by atoms with Crippen LogP contribution >= 0.6 is 0 Å². The first-order valence-electron chi connectivity index (χ1n) is 7.69. The smallest absolute Gasteiger partial charge is 0.269 e. The van der Waals surface area contributed by atoms with Crippen molar-refractivity contribution in [2.24, 2.45) is 0 Å². The van der Waals surface area contributed by atoms with Crippen molar-refractivity contribution < 1.29 is 19.0 Å². The predicted octanol–water partition coefficient (Wildman–Crippen LogP) is 3.19. The fourth-order valence-electron chi connectivity index (χ4n) is 2.29. The summed E-state index contributed by atoms with van der Waals surface area (Å²) in [5.41, 5.74) is 1.66. The van der Waals surface area contributed by atoms with Crippen molar-refractivity contribution in [3.05, 3.63) is 76.0 Å². The highest BCUT2D eigenvalue weighted by Gasteiger charge is 2.11. The molecule has 0 radical (unpaired) electrons. The monoisotopic (exact) mass is 353 g/mol. The Morgan fingerprint density at radius 3 is 2.50 bits per heavy atom. The molecule has 2 aromatic carbocycles. The van der Waals surface area contributed by atoms with Crippen molar-refractivity contribution in [2.75, 3.05) is 7.11 Å². The van der Waals surface area contributed by atoms with Crippen LogP contribution in [0.5, 0.6) is 5.75 Å². The van der Waals surface area contributed by atoms with Crippen LogP contribution in [0, 0.1) is 10.1 Å². The minimum absolute atomic E-state index is 0.0674. The number of ether oxygens (including phenoxy) is 1. The molecule has 0 aliphatic rings. The standard InChI is InChI=1S/C18H15N3O5/c1-25-16-8-4-12(5-9-16)17-10-14(20-26-17)11-19-18(22)13-2-6-15(7-3-13)21(23)24/h2-10H,11H2,1H3,(H,19,22). The number of nitrogens with one attached hydrogen (secondary N) is 1. The van der Waals surface area contributed by atoms with E-state index in [-0.39, 0.29) is 18.1 Å². The fraction of sp³-hybridized carbons (Fsp3) is 0.111. The number of non-ortho nitro benzene ring substituents is 1. The summed E-state index contributed by atoms with van der Waals surface area (Å²) in [6, 6.07) is 14.4. The van der Waals surface area contributed by atoms with Crippen molar-refractivity contribution in [3.63, 3.8) is 0 Å². The van der Waals surface area contributed by atoms with Gasteiger partial charge in [-0.3, -0.25) is 14.9 Å². The summed E-state index contributed by atoms with van der Waals surface area (Å²) in [7, 11) is 1.59. The van der Waals surface area contributed by atoms with Crippen LogP contribution in [-0.4, -0.2) is 23.1 Å². The number of hydrogen-bond donors (Lipinski definition) is 1. The fourth-order valence-corrected chi connectivity index (χ4v) is 2.29. The molecule has 0 atom stereocenters. The molecule has 3 aromatic rings. The van der Waals surface area contributed by atoms with E-state index in [2.05, 4.69) is 10.5 Å². The van der Waals surface area contributed by atoms with Gasteiger partial charge in [0, 0.05) is 29.3 Å². The Hall–Kier alpha value is -3.68. The number of aromatic nitrogens is 1. The number of nitro groups is 1. The van der Waals surface area contributed by atoms with Gasteiger partial charge >= 0.3 is 0 Å². The first kappa shape index (κ1) is 17.2. The average Bonchev–Trinajstić information content (AvgIpc) is 3.15. The van der Waals surface area contributed by atoms with E-state index in [1.807, 2.05) is 24.3 Å². The molecule has 8 heteroatoms. The predicted molar refractivity (Wildman–Crippen MR) is 92.8 cm³/mol. The van der Waals surface area contributed by atoms with Crippen LogP contribution in [-0.2, 0) is 6.54 Å². The number of nitro benzene ring substituents is 1. The van der Waals surface area contributed by atoms with Gasteiger partial charge in [-0.25, -0.2) is 0 Å². The maximum Gasteiger partial charge on any atom is 0.269 e. The molecule has 0 bridgehead atoms. The Morgan fingerprint density at radius 1 is 1.19 bits per heavy atom. The van der Waals surface area contributed by atoms with E-state index in [9.17, 15) is 14.9 Å². The molecule has 0 saturated carbocycles. The van der Waals surface area contributed by atoms with Crippen LogP contribution < -0.4 is 10.1 Å². The van der Waals surface area contributed by atoms with Crippen molar-refractivity contribution in [1.29, 1.82) is 0 Å². The lowest BCUT2D eigenvalue weighted by molar-refractivity contribution is -0.384. The Kier molecular flexibility index (Phi) is 4.93. The van der Waals surface area contributed by atoms with E-state index in [1.165, 1.54) is 24.3 Å². The molecule has 3 rings (SSSR count). The van der Waals surface area contributed by atoms with Gasteiger partial charge < -0.3 is 14.6 Å². The molecule has 8 nitrogen and oxygen atoms in total. The molecule has 1 amide bonds. The number of nitrogens with zero attached hydrogens (tertiary/aromatic N) is 2. The van der Waals surface area contributed by atoms with Crippen LogP contribution in [0.25, 0.3) is 11.3 Å². The van der Waals surface area contributed by atoms with E-state index in [1.54, 1.807) is 13.2 Å². The average molecular weight is 353 g/mol. The summed E-state index contributed by atoms with van der Waals surface area (Å²) >= 11 is 0. The quantitative estimate of drug-likeness (QED) is 0.539.